The predicted molar refractivity (Wildman–Crippen MR) is 127 cm³/mol. The van der Waals surface area contributed by atoms with E-state index in [1.165, 1.54) is 9.58 Å². The van der Waals surface area contributed by atoms with Crippen LogP contribution in [0.5, 0.6) is 0 Å². The molecule has 1 heterocycles. The van der Waals surface area contributed by atoms with Crippen molar-refractivity contribution < 1.29 is 22.8 Å². The molecule has 0 saturated heterocycles. The van der Waals surface area contributed by atoms with Crippen LogP contribution in [0.25, 0.3) is 0 Å². The lowest BCUT2D eigenvalue weighted by Crippen LogP contribution is -2.35. The number of nitrogens with zero attached hydrogens (tertiary/aromatic N) is 3. The van der Waals surface area contributed by atoms with E-state index in [4.69, 9.17) is 0 Å². The summed E-state index contributed by atoms with van der Waals surface area (Å²) in [5.41, 5.74) is 1.43. The Hall–Kier alpha value is -3.42. The van der Waals surface area contributed by atoms with E-state index in [1.54, 1.807) is 7.05 Å². The number of ketones is 1. The van der Waals surface area contributed by atoms with E-state index >= 15 is 0 Å². The lowest BCUT2D eigenvalue weighted by Gasteiger charge is -2.24. The molecule has 0 radical (unpaired) electrons. The number of fused-ring (bicyclic) bond motifs is 1. The summed E-state index contributed by atoms with van der Waals surface area (Å²) in [5.74, 6) is -1.18. The van der Waals surface area contributed by atoms with Crippen LogP contribution < -0.4 is 4.90 Å². The molecule has 1 aromatic heterocycles. The summed E-state index contributed by atoms with van der Waals surface area (Å²) in [6.45, 7) is -0.272. The minimum absolute atomic E-state index is 0.0825. The van der Waals surface area contributed by atoms with Crippen molar-refractivity contribution in [2.45, 2.75) is 51.2 Å². The molecule has 3 aromatic rings. The number of rotatable bonds is 8. The van der Waals surface area contributed by atoms with Crippen LogP contribution >= 0.6 is 0 Å². The number of amides is 1. The van der Waals surface area contributed by atoms with Crippen molar-refractivity contribution in [3.05, 3.63) is 83.2 Å². The molecule has 2 aromatic carbocycles. The summed E-state index contributed by atoms with van der Waals surface area (Å²) < 4.78 is 41.8. The molecule has 0 saturated carbocycles. The number of alkyl halides is 3. The average Bonchev–Trinajstić information content (AvgIpc) is 3.23. The van der Waals surface area contributed by atoms with Crippen molar-refractivity contribution in [1.29, 1.82) is 0 Å². The molecule has 0 bridgehead atoms. The van der Waals surface area contributed by atoms with Gasteiger partial charge in [-0.25, -0.2) is 0 Å². The van der Waals surface area contributed by atoms with E-state index in [2.05, 4.69) is 5.10 Å². The Balaban J connectivity index is 1.56. The molecule has 1 amide bonds. The van der Waals surface area contributed by atoms with Crippen LogP contribution in [0.2, 0.25) is 0 Å². The Morgan fingerprint density at radius 2 is 1.63 bits per heavy atom. The van der Waals surface area contributed by atoms with E-state index in [0.717, 1.165) is 12.0 Å². The van der Waals surface area contributed by atoms with Crippen molar-refractivity contribution in [2.75, 3.05) is 11.9 Å². The Morgan fingerprint density at radius 3 is 2.29 bits per heavy atom. The largest absolute Gasteiger partial charge is 0.435 e. The van der Waals surface area contributed by atoms with E-state index in [9.17, 15) is 22.8 Å². The van der Waals surface area contributed by atoms with Gasteiger partial charge in [-0.05, 0) is 49.8 Å². The topological polar surface area (TPSA) is 55.2 Å². The third kappa shape index (κ3) is 5.81. The molecule has 0 spiro atoms. The van der Waals surface area contributed by atoms with Gasteiger partial charge in [0.1, 0.15) is 0 Å². The Bertz CT molecular complexity index is 1170. The second-order valence-corrected chi connectivity index (χ2v) is 9.00. The van der Waals surface area contributed by atoms with Gasteiger partial charge >= 0.3 is 6.18 Å². The van der Waals surface area contributed by atoms with E-state index in [0.29, 0.717) is 37.1 Å². The summed E-state index contributed by atoms with van der Waals surface area (Å²) >= 11 is 0. The quantitative estimate of drug-likeness (QED) is 0.439. The zero-order valence-electron chi connectivity index (χ0n) is 19.6. The zero-order chi connectivity index (χ0) is 25.0. The van der Waals surface area contributed by atoms with Gasteiger partial charge in [0, 0.05) is 36.3 Å². The second kappa shape index (κ2) is 10.5. The molecule has 8 heteroatoms. The number of benzene rings is 2. The molecule has 0 fully saturated rings. The Labute approximate surface area is 202 Å². The lowest BCUT2D eigenvalue weighted by molar-refractivity contribution is -0.142. The first-order valence-corrected chi connectivity index (χ1v) is 11.8. The number of aromatic nitrogens is 2. The van der Waals surface area contributed by atoms with Gasteiger partial charge in [0.25, 0.3) is 0 Å². The number of halogens is 3. The first kappa shape index (κ1) is 24.7. The third-order valence-electron chi connectivity index (χ3n) is 6.47. The fraction of sp³-hybridized carbons (Fsp3) is 0.370. The number of carbonyl (C=O) groups excluding carboxylic acids is 2. The highest BCUT2D eigenvalue weighted by Crippen LogP contribution is 2.36. The first-order valence-electron chi connectivity index (χ1n) is 11.8. The van der Waals surface area contributed by atoms with Crippen LogP contribution in [0, 0.1) is 5.92 Å². The molecule has 35 heavy (non-hydrogen) atoms. The zero-order valence-corrected chi connectivity index (χ0v) is 19.6. The van der Waals surface area contributed by atoms with Crippen molar-refractivity contribution in [3.8, 4) is 0 Å². The van der Waals surface area contributed by atoms with Crippen LogP contribution in [-0.2, 0) is 41.6 Å². The number of anilines is 1. The summed E-state index contributed by atoms with van der Waals surface area (Å²) in [7, 11) is 1.67. The van der Waals surface area contributed by atoms with Crippen LogP contribution in [0.4, 0.5) is 18.9 Å². The van der Waals surface area contributed by atoms with Crippen molar-refractivity contribution in [1.82, 2.24) is 9.78 Å². The maximum Gasteiger partial charge on any atom is 0.435 e. The minimum atomic E-state index is -4.56. The lowest BCUT2D eigenvalue weighted by atomic mass is 9.92. The molecule has 1 atom stereocenters. The summed E-state index contributed by atoms with van der Waals surface area (Å²) in [4.78, 5) is 28.0. The van der Waals surface area contributed by atoms with Crippen molar-refractivity contribution in [2.24, 2.45) is 5.92 Å². The Kier molecular flexibility index (Phi) is 7.38. The van der Waals surface area contributed by atoms with Gasteiger partial charge in [-0.1, -0.05) is 48.5 Å². The summed E-state index contributed by atoms with van der Waals surface area (Å²) in [6, 6.07) is 18.5. The number of Topliss-reactive ketones (excluding diaryl/α,β-unsaturated/α-hetero) is 1. The first-order chi connectivity index (χ1) is 16.7. The smallest absolute Gasteiger partial charge is 0.315 e. The van der Waals surface area contributed by atoms with Gasteiger partial charge in [-0.15, -0.1) is 0 Å². The minimum Gasteiger partial charge on any atom is -0.315 e. The van der Waals surface area contributed by atoms with E-state index < -0.39 is 17.8 Å². The van der Waals surface area contributed by atoms with Crippen LogP contribution in [0.3, 0.4) is 0 Å². The predicted octanol–water partition coefficient (Wildman–Crippen LogP) is 5.26. The van der Waals surface area contributed by atoms with Crippen LogP contribution in [-0.4, -0.2) is 28.5 Å². The van der Waals surface area contributed by atoms with Crippen molar-refractivity contribution >= 4 is 17.4 Å². The average molecular weight is 484 g/mol. The molecule has 4 rings (SSSR count). The molecule has 1 aliphatic carbocycles. The van der Waals surface area contributed by atoms with Crippen LogP contribution in [0.15, 0.2) is 60.7 Å². The van der Waals surface area contributed by atoms with Gasteiger partial charge in [-0.2, -0.15) is 18.3 Å². The molecule has 1 unspecified atom stereocenters. The van der Waals surface area contributed by atoms with E-state index in [1.807, 2.05) is 60.7 Å². The number of hydrogen-bond acceptors (Lipinski definition) is 3. The molecule has 184 valence electrons. The number of para-hydroxylation sites is 1. The molecular weight excluding hydrogens is 455 g/mol. The number of hydrogen-bond donors (Lipinski definition) is 0. The fourth-order valence-corrected chi connectivity index (χ4v) is 4.73. The monoisotopic (exact) mass is 483 g/mol. The van der Waals surface area contributed by atoms with Crippen LogP contribution in [0.1, 0.15) is 41.8 Å². The normalized spacial score (nSPS) is 14.3. The Morgan fingerprint density at radius 1 is 1.00 bits per heavy atom. The number of carbonyl (C=O) groups is 2. The van der Waals surface area contributed by atoms with E-state index in [-0.39, 0.29) is 30.2 Å². The van der Waals surface area contributed by atoms with Gasteiger partial charge in [-0.3, -0.25) is 14.3 Å². The maximum atomic E-state index is 13.5. The SMILES string of the molecule is CN(C(=O)C(CC(=O)Cn1nc(C(F)(F)F)c2c1CCCC2)Cc1ccccc1)c1ccccc1. The van der Waals surface area contributed by atoms with Gasteiger partial charge in [0.15, 0.2) is 11.5 Å². The molecule has 0 N–H and O–H groups in total. The summed E-state index contributed by atoms with van der Waals surface area (Å²) in [5, 5.41) is 3.80. The second-order valence-electron chi connectivity index (χ2n) is 9.00. The van der Waals surface area contributed by atoms with Crippen molar-refractivity contribution in [3.63, 3.8) is 0 Å². The third-order valence-corrected chi connectivity index (χ3v) is 6.47. The van der Waals surface area contributed by atoms with Gasteiger partial charge < -0.3 is 4.90 Å². The van der Waals surface area contributed by atoms with Gasteiger partial charge in [0.2, 0.25) is 5.91 Å². The fourth-order valence-electron chi connectivity index (χ4n) is 4.73. The standard InChI is InChI=1S/C27H28F3N3O2/c1-32(21-12-6-3-7-13-21)26(35)20(16-19-10-4-2-5-11-19)17-22(34)18-33-24-15-9-8-14-23(24)25(31-33)27(28,29)30/h2-7,10-13,20H,8-9,14-18H2,1H3. The molecule has 5 nitrogen and oxygen atoms in total. The van der Waals surface area contributed by atoms with Gasteiger partial charge in [0.05, 0.1) is 6.54 Å². The maximum absolute atomic E-state index is 13.5. The molecule has 0 aliphatic heterocycles. The highest BCUT2D eigenvalue weighted by molar-refractivity contribution is 5.97. The highest BCUT2D eigenvalue weighted by atomic mass is 19.4. The molecule has 1 aliphatic rings. The summed E-state index contributed by atoms with van der Waals surface area (Å²) in [6.07, 6.45) is -2.06. The highest BCUT2D eigenvalue weighted by Gasteiger charge is 2.39. The molecular formula is C27H28F3N3O2.